The Bertz CT molecular complexity index is 399. The van der Waals surface area contributed by atoms with Gasteiger partial charge in [-0.15, -0.1) is 12.4 Å². The van der Waals surface area contributed by atoms with Gasteiger partial charge in [-0.1, -0.05) is 13.8 Å². The molecule has 1 saturated heterocycles. The molecule has 0 aromatic heterocycles. The normalized spacial score (nSPS) is 30.2. The molecule has 136 valence electrons. The number of amides is 1. The van der Waals surface area contributed by atoms with E-state index in [1.165, 1.54) is 0 Å². The fraction of sp³-hybridized carbons (Fsp3) is 0.941. The molecule has 1 heterocycles. The third-order valence-corrected chi connectivity index (χ3v) is 5.77. The smallest absolute Gasteiger partial charge is 0.243 e. The zero-order chi connectivity index (χ0) is 16.4. The molecule has 2 aliphatic rings. The highest BCUT2D eigenvalue weighted by molar-refractivity contribution is 5.88. The van der Waals surface area contributed by atoms with Gasteiger partial charge in [0.15, 0.2) is 0 Å². The van der Waals surface area contributed by atoms with Gasteiger partial charge >= 0.3 is 0 Å². The standard InChI is InChI=1S/C17H32N2O3.ClH/c1-5-22-14-12-17(18,16(14,2)3)15(20)19(4)9-6-13-7-10-21-11-8-13;/h13-14H,5-12,18H2,1-4H3;1H. The molecule has 0 aromatic carbocycles. The Hall–Kier alpha value is -0.360. The highest BCUT2D eigenvalue weighted by atomic mass is 35.5. The van der Waals surface area contributed by atoms with Crippen molar-refractivity contribution in [3.63, 3.8) is 0 Å². The number of hydrogen-bond acceptors (Lipinski definition) is 4. The van der Waals surface area contributed by atoms with E-state index in [1.54, 1.807) is 0 Å². The van der Waals surface area contributed by atoms with Gasteiger partial charge in [0.1, 0.15) is 5.54 Å². The van der Waals surface area contributed by atoms with Crippen LogP contribution < -0.4 is 5.73 Å². The summed E-state index contributed by atoms with van der Waals surface area (Å²) in [7, 11) is 1.88. The second kappa shape index (κ2) is 8.15. The molecular weight excluding hydrogens is 316 g/mol. The van der Waals surface area contributed by atoms with Crippen LogP contribution in [0.4, 0.5) is 0 Å². The van der Waals surface area contributed by atoms with Gasteiger partial charge in [-0.05, 0) is 32.1 Å². The predicted molar refractivity (Wildman–Crippen MR) is 93.8 cm³/mol. The molecule has 6 heteroatoms. The topological polar surface area (TPSA) is 64.8 Å². The summed E-state index contributed by atoms with van der Waals surface area (Å²) in [4.78, 5) is 14.6. The van der Waals surface area contributed by atoms with Crippen molar-refractivity contribution in [3.8, 4) is 0 Å². The summed E-state index contributed by atoms with van der Waals surface area (Å²) in [6.45, 7) is 9.21. The van der Waals surface area contributed by atoms with Crippen LogP contribution in [0.1, 0.15) is 46.5 Å². The van der Waals surface area contributed by atoms with Crippen LogP contribution >= 0.6 is 12.4 Å². The summed E-state index contributed by atoms with van der Waals surface area (Å²) in [5.41, 5.74) is 5.36. The average molecular weight is 349 g/mol. The monoisotopic (exact) mass is 348 g/mol. The van der Waals surface area contributed by atoms with Crippen molar-refractivity contribution in [1.29, 1.82) is 0 Å². The van der Waals surface area contributed by atoms with Crippen LogP contribution in [0.3, 0.4) is 0 Å². The number of nitrogens with two attached hydrogens (primary N) is 1. The van der Waals surface area contributed by atoms with Crippen LogP contribution in [0.25, 0.3) is 0 Å². The Morgan fingerprint density at radius 1 is 1.35 bits per heavy atom. The molecule has 0 spiro atoms. The van der Waals surface area contributed by atoms with Gasteiger partial charge in [-0.3, -0.25) is 4.79 Å². The number of nitrogens with zero attached hydrogens (tertiary/aromatic N) is 1. The molecule has 2 N–H and O–H groups in total. The van der Waals surface area contributed by atoms with E-state index in [-0.39, 0.29) is 29.8 Å². The van der Waals surface area contributed by atoms with Crippen LogP contribution in [0.2, 0.25) is 0 Å². The Kier molecular flexibility index (Phi) is 7.33. The largest absolute Gasteiger partial charge is 0.381 e. The van der Waals surface area contributed by atoms with E-state index in [0.717, 1.165) is 39.0 Å². The first-order valence-electron chi connectivity index (χ1n) is 8.56. The number of halogens is 1. The molecular formula is C17H33ClN2O3. The second-order valence-electron chi connectivity index (χ2n) is 7.41. The van der Waals surface area contributed by atoms with Crippen molar-refractivity contribution >= 4 is 18.3 Å². The minimum Gasteiger partial charge on any atom is -0.381 e. The fourth-order valence-electron chi connectivity index (χ4n) is 3.65. The molecule has 0 aromatic rings. The molecule has 2 fully saturated rings. The van der Waals surface area contributed by atoms with Gasteiger partial charge in [0, 0.05) is 45.2 Å². The Morgan fingerprint density at radius 2 is 1.96 bits per heavy atom. The molecule has 0 bridgehead atoms. The van der Waals surface area contributed by atoms with Crippen LogP contribution in [0, 0.1) is 11.3 Å². The summed E-state index contributed by atoms with van der Waals surface area (Å²) in [5, 5.41) is 0. The van der Waals surface area contributed by atoms with E-state index in [9.17, 15) is 4.79 Å². The van der Waals surface area contributed by atoms with Gasteiger partial charge in [-0.2, -0.15) is 0 Å². The van der Waals surface area contributed by atoms with Gasteiger partial charge < -0.3 is 20.1 Å². The van der Waals surface area contributed by atoms with Gasteiger partial charge in [0.2, 0.25) is 5.91 Å². The van der Waals surface area contributed by atoms with Crippen molar-refractivity contribution in [2.75, 3.05) is 33.4 Å². The molecule has 2 rings (SSSR count). The van der Waals surface area contributed by atoms with Gasteiger partial charge in [0.25, 0.3) is 0 Å². The average Bonchev–Trinajstić information content (AvgIpc) is 2.52. The lowest BCUT2D eigenvalue weighted by molar-refractivity contribution is -0.178. The number of rotatable bonds is 6. The Labute approximate surface area is 146 Å². The number of likely N-dealkylation sites (N-methyl/N-ethyl adjacent to an activating group) is 1. The minimum atomic E-state index is -0.794. The maximum absolute atomic E-state index is 12.8. The van der Waals surface area contributed by atoms with Gasteiger partial charge in [0.05, 0.1) is 6.10 Å². The van der Waals surface area contributed by atoms with Crippen molar-refractivity contribution in [3.05, 3.63) is 0 Å². The SMILES string of the molecule is CCOC1CC(N)(C(=O)N(C)CCC2CCOCC2)C1(C)C.Cl. The van der Waals surface area contributed by atoms with Crippen LogP contribution in [-0.2, 0) is 14.3 Å². The molecule has 5 nitrogen and oxygen atoms in total. The summed E-state index contributed by atoms with van der Waals surface area (Å²) >= 11 is 0. The fourth-order valence-corrected chi connectivity index (χ4v) is 3.65. The minimum absolute atomic E-state index is 0. The van der Waals surface area contributed by atoms with Crippen molar-refractivity contribution in [1.82, 2.24) is 4.90 Å². The molecule has 1 saturated carbocycles. The zero-order valence-corrected chi connectivity index (χ0v) is 15.8. The molecule has 1 aliphatic carbocycles. The molecule has 1 amide bonds. The summed E-state index contributed by atoms with van der Waals surface area (Å²) in [6.07, 6.45) is 3.95. The van der Waals surface area contributed by atoms with Crippen molar-refractivity contribution < 1.29 is 14.3 Å². The van der Waals surface area contributed by atoms with Crippen molar-refractivity contribution in [2.24, 2.45) is 17.1 Å². The first-order valence-corrected chi connectivity index (χ1v) is 8.56. The molecule has 2 unspecified atom stereocenters. The third kappa shape index (κ3) is 4.01. The lowest BCUT2D eigenvalue weighted by Crippen LogP contribution is -2.75. The third-order valence-electron chi connectivity index (χ3n) is 5.77. The lowest BCUT2D eigenvalue weighted by atomic mass is 9.54. The van der Waals surface area contributed by atoms with E-state index < -0.39 is 5.54 Å². The number of hydrogen-bond donors (Lipinski definition) is 1. The van der Waals surface area contributed by atoms with E-state index >= 15 is 0 Å². The van der Waals surface area contributed by atoms with Crippen LogP contribution in [0.5, 0.6) is 0 Å². The predicted octanol–water partition coefficient (Wildman–Crippen LogP) is 2.22. The van der Waals surface area contributed by atoms with Crippen LogP contribution in [-0.4, -0.2) is 55.9 Å². The van der Waals surface area contributed by atoms with Crippen LogP contribution in [0.15, 0.2) is 0 Å². The number of carbonyl (C=O) groups is 1. The molecule has 23 heavy (non-hydrogen) atoms. The highest BCUT2D eigenvalue weighted by Gasteiger charge is 2.63. The number of carbonyl (C=O) groups excluding carboxylic acids is 1. The first kappa shape index (κ1) is 20.7. The van der Waals surface area contributed by atoms with E-state index in [2.05, 4.69) is 0 Å². The lowest BCUT2D eigenvalue weighted by Gasteiger charge is -2.58. The summed E-state index contributed by atoms with van der Waals surface area (Å²) < 4.78 is 11.1. The van der Waals surface area contributed by atoms with Crippen molar-refractivity contribution in [2.45, 2.75) is 58.1 Å². The number of ether oxygens (including phenoxy) is 2. The first-order chi connectivity index (χ1) is 10.3. The Balaban J connectivity index is 0.00000264. The summed E-state index contributed by atoms with van der Waals surface area (Å²) in [5.74, 6) is 0.726. The van der Waals surface area contributed by atoms with E-state index in [0.29, 0.717) is 18.9 Å². The maximum atomic E-state index is 12.8. The molecule has 1 aliphatic heterocycles. The zero-order valence-electron chi connectivity index (χ0n) is 15.0. The van der Waals surface area contributed by atoms with E-state index in [1.807, 2.05) is 32.7 Å². The summed E-state index contributed by atoms with van der Waals surface area (Å²) in [6, 6.07) is 0. The maximum Gasteiger partial charge on any atom is 0.243 e. The second-order valence-corrected chi connectivity index (χ2v) is 7.41. The quantitative estimate of drug-likeness (QED) is 0.799. The van der Waals surface area contributed by atoms with E-state index in [4.69, 9.17) is 15.2 Å². The highest BCUT2D eigenvalue weighted by Crippen LogP contribution is 2.50. The molecule has 2 atom stereocenters. The van der Waals surface area contributed by atoms with Gasteiger partial charge in [-0.25, -0.2) is 0 Å². The molecule has 0 radical (unpaired) electrons. The Morgan fingerprint density at radius 3 is 2.48 bits per heavy atom.